The molecule has 1 heterocycles. The summed E-state index contributed by atoms with van der Waals surface area (Å²) in [5.41, 5.74) is 3.13. The van der Waals surface area contributed by atoms with E-state index in [9.17, 15) is 14.4 Å². The first-order valence-corrected chi connectivity index (χ1v) is 9.67. The van der Waals surface area contributed by atoms with Crippen molar-refractivity contribution in [2.75, 3.05) is 0 Å². The van der Waals surface area contributed by atoms with Crippen molar-refractivity contribution in [1.82, 2.24) is 0 Å². The molecule has 0 saturated carbocycles. The molecule has 0 bridgehead atoms. The predicted octanol–water partition coefficient (Wildman–Crippen LogP) is 4.53. The van der Waals surface area contributed by atoms with Crippen LogP contribution in [0.15, 0.2) is 65.9 Å². The summed E-state index contributed by atoms with van der Waals surface area (Å²) in [6.45, 7) is 1.99. The molecule has 2 aromatic carbocycles. The summed E-state index contributed by atoms with van der Waals surface area (Å²) in [6, 6.07) is 16.8. The van der Waals surface area contributed by atoms with Gasteiger partial charge in [-0.25, -0.2) is 0 Å². The minimum absolute atomic E-state index is 0.0193. The lowest BCUT2D eigenvalue weighted by atomic mass is 9.72. The van der Waals surface area contributed by atoms with Crippen molar-refractivity contribution in [2.24, 2.45) is 5.92 Å². The molecule has 1 unspecified atom stereocenters. The number of aryl methyl sites for hydroxylation is 1. The molecule has 4 rings (SSSR count). The summed E-state index contributed by atoms with van der Waals surface area (Å²) >= 11 is 0. The summed E-state index contributed by atoms with van der Waals surface area (Å²) in [4.78, 5) is 38.4. The molecular weight excluding hydrogens is 352 g/mol. The smallest absolute Gasteiger partial charge is 0.315 e. The van der Waals surface area contributed by atoms with Gasteiger partial charge in [0.2, 0.25) is 0 Å². The van der Waals surface area contributed by atoms with Crippen molar-refractivity contribution < 1.29 is 19.1 Å². The number of ether oxygens (including phenoxy) is 1. The minimum Gasteiger partial charge on any atom is -0.430 e. The summed E-state index contributed by atoms with van der Waals surface area (Å²) in [6.07, 6.45) is 1.76. The van der Waals surface area contributed by atoms with Crippen LogP contribution in [0.25, 0.3) is 0 Å². The molecule has 0 amide bonds. The Kier molecular flexibility index (Phi) is 4.95. The van der Waals surface area contributed by atoms with Crippen molar-refractivity contribution in [3.8, 4) is 0 Å². The lowest BCUT2D eigenvalue weighted by Gasteiger charge is -2.35. The normalized spacial score (nSPS) is 21.9. The topological polar surface area (TPSA) is 60.4 Å². The lowest BCUT2D eigenvalue weighted by Crippen LogP contribution is -2.36. The van der Waals surface area contributed by atoms with Crippen molar-refractivity contribution in [1.29, 1.82) is 0 Å². The Morgan fingerprint density at radius 3 is 2.43 bits per heavy atom. The fourth-order valence-corrected chi connectivity index (χ4v) is 4.14. The molecule has 28 heavy (non-hydrogen) atoms. The SMILES string of the molecule is Cc1ccc(C2C3=C(CCCC3=O)OC(=O)[C@@H]2CC(=O)c2ccccc2)cc1. The molecule has 0 saturated heterocycles. The molecule has 0 N–H and O–H groups in total. The van der Waals surface area contributed by atoms with E-state index in [2.05, 4.69) is 0 Å². The van der Waals surface area contributed by atoms with Crippen LogP contribution < -0.4 is 0 Å². The highest BCUT2D eigenvalue weighted by molar-refractivity contribution is 6.03. The van der Waals surface area contributed by atoms with E-state index >= 15 is 0 Å². The molecule has 1 aliphatic carbocycles. The number of esters is 1. The van der Waals surface area contributed by atoms with Gasteiger partial charge in [0.05, 0.1) is 5.92 Å². The second-order valence-electron chi connectivity index (χ2n) is 7.52. The van der Waals surface area contributed by atoms with Gasteiger partial charge in [0.1, 0.15) is 5.76 Å². The van der Waals surface area contributed by atoms with Gasteiger partial charge >= 0.3 is 5.97 Å². The van der Waals surface area contributed by atoms with Gasteiger partial charge in [-0.3, -0.25) is 14.4 Å². The first-order chi connectivity index (χ1) is 13.5. The molecule has 1 aliphatic heterocycles. The largest absolute Gasteiger partial charge is 0.430 e. The number of hydrogen-bond donors (Lipinski definition) is 0. The zero-order valence-electron chi connectivity index (χ0n) is 15.8. The van der Waals surface area contributed by atoms with Gasteiger partial charge in [0, 0.05) is 36.3 Å². The molecule has 2 aromatic rings. The number of ketones is 2. The number of carbonyl (C=O) groups is 3. The van der Waals surface area contributed by atoms with Gasteiger partial charge in [0.15, 0.2) is 11.6 Å². The van der Waals surface area contributed by atoms with Crippen LogP contribution in [0.3, 0.4) is 0 Å². The standard InChI is InChI=1S/C24H22O4/c1-15-10-12-17(13-11-15)22-18(14-20(26)16-6-3-2-4-7-16)24(27)28-21-9-5-8-19(25)23(21)22/h2-4,6-7,10-13,18,22H,5,8-9,14H2,1H3/t18-,22?/m1/s1. The molecule has 2 aliphatic rings. The second kappa shape index (κ2) is 7.55. The Bertz CT molecular complexity index is 954. The minimum atomic E-state index is -0.698. The highest BCUT2D eigenvalue weighted by atomic mass is 16.5. The maximum absolute atomic E-state index is 12.9. The maximum Gasteiger partial charge on any atom is 0.315 e. The summed E-state index contributed by atoms with van der Waals surface area (Å²) in [5.74, 6) is -1.14. The van der Waals surface area contributed by atoms with Gasteiger partial charge < -0.3 is 4.74 Å². The maximum atomic E-state index is 12.9. The van der Waals surface area contributed by atoms with Gasteiger partial charge in [-0.05, 0) is 18.9 Å². The molecule has 0 fully saturated rings. The quantitative estimate of drug-likeness (QED) is 0.583. The number of Topliss-reactive ketones (excluding diaryl/α,β-unsaturated/α-hetero) is 2. The van der Waals surface area contributed by atoms with E-state index in [-0.39, 0.29) is 18.0 Å². The Morgan fingerprint density at radius 2 is 1.71 bits per heavy atom. The van der Waals surface area contributed by atoms with Crippen LogP contribution in [0.2, 0.25) is 0 Å². The molecule has 4 heteroatoms. The van der Waals surface area contributed by atoms with Crippen LogP contribution >= 0.6 is 0 Å². The van der Waals surface area contributed by atoms with E-state index in [1.165, 1.54) is 0 Å². The van der Waals surface area contributed by atoms with E-state index in [1.54, 1.807) is 24.3 Å². The molecule has 142 valence electrons. The van der Waals surface area contributed by atoms with E-state index in [4.69, 9.17) is 4.74 Å². The van der Waals surface area contributed by atoms with E-state index < -0.39 is 17.8 Å². The van der Waals surface area contributed by atoms with E-state index in [0.29, 0.717) is 36.2 Å². The summed E-state index contributed by atoms with van der Waals surface area (Å²) in [7, 11) is 0. The Morgan fingerprint density at radius 1 is 1.00 bits per heavy atom. The van der Waals surface area contributed by atoms with Gasteiger partial charge in [-0.2, -0.15) is 0 Å². The van der Waals surface area contributed by atoms with Crippen molar-refractivity contribution in [2.45, 2.75) is 38.5 Å². The monoisotopic (exact) mass is 374 g/mol. The number of rotatable bonds is 4. The average molecular weight is 374 g/mol. The van der Waals surface area contributed by atoms with Crippen LogP contribution in [-0.2, 0) is 14.3 Å². The van der Waals surface area contributed by atoms with Crippen molar-refractivity contribution >= 4 is 17.5 Å². The molecule has 0 radical (unpaired) electrons. The Balaban J connectivity index is 1.75. The highest BCUT2D eigenvalue weighted by Crippen LogP contribution is 2.45. The zero-order valence-corrected chi connectivity index (χ0v) is 15.8. The fraction of sp³-hybridized carbons (Fsp3) is 0.292. The van der Waals surface area contributed by atoms with Crippen LogP contribution in [0.1, 0.15) is 53.1 Å². The van der Waals surface area contributed by atoms with Crippen LogP contribution in [0.4, 0.5) is 0 Å². The number of carbonyl (C=O) groups excluding carboxylic acids is 3. The third kappa shape index (κ3) is 3.42. The van der Waals surface area contributed by atoms with E-state index in [1.807, 2.05) is 37.3 Å². The summed E-state index contributed by atoms with van der Waals surface area (Å²) < 4.78 is 5.55. The molecule has 4 nitrogen and oxygen atoms in total. The Hall–Kier alpha value is -3.01. The third-order valence-electron chi connectivity index (χ3n) is 5.59. The number of benzene rings is 2. The van der Waals surface area contributed by atoms with Gasteiger partial charge in [0.25, 0.3) is 0 Å². The molecule has 0 aromatic heterocycles. The Labute approximate surface area is 164 Å². The zero-order chi connectivity index (χ0) is 19.7. The van der Waals surface area contributed by atoms with Crippen LogP contribution in [0.5, 0.6) is 0 Å². The predicted molar refractivity (Wildman–Crippen MR) is 105 cm³/mol. The van der Waals surface area contributed by atoms with Crippen LogP contribution in [0, 0.1) is 12.8 Å². The first kappa shape index (κ1) is 18.4. The first-order valence-electron chi connectivity index (χ1n) is 9.67. The lowest BCUT2D eigenvalue weighted by molar-refractivity contribution is -0.147. The highest BCUT2D eigenvalue weighted by Gasteiger charge is 2.44. The molecule has 0 spiro atoms. The van der Waals surface area contributed by atoms with E-state index in [0.717, 1.165) is 11.1 Å². The average Bonchev–Trinajstić information content (AvgIpc) is 2.70. The second-order valence-corrected chi connectivity index (χ2v) is 7.52. The number of hydrogen-bond acceptors (Lipinski definition) is 4. The number of allylic oxidation sites excluding steroid dienone is 2. The third-order valence-corrected chi connectivity index (χ3v) is 5.59. The van der Waals surface area contributed by atoms with Crippen molar-refractivity contribution in [3.05, 3.63) is 82.6 Å². The summed E-state index contributed by atoms with van der Waals surface area (Å²) in [5, 5.41) is 0. The van der Waals surface area contributed by atoms with Gasteiger partial charge in [-0.1, -0.05) is 60.2 Å². The van der Waals surface area contributed by atoms with Gasteiger partial charge in [-0.15, -0.1) is 0 Å². The molecule has 2 atom stereocenters. The van der Waals surface area contributed by atoms with Crippen LogP contribution in [-0.4, -0.2) is 17.5 Å². The fourth-order valence-electron chi connectivity index (χ4n) is 4.14. The van der Waals surface area contributed by atoms with Crippen molar-refractivity contribution in [3.63, 3.8) is 0 Å². The molecular formula is C24H22O4.